The Hall–Kier alpha value is 0.177. The van der Waals surface area contributed by atoms with Crippen molar-refractivity contribution in [3.8, 4) is 0 Å². The maximum atomic E-state index is 6.43. The fourth-order valence-corrected chi connectivity index (χ4v) is 5.78. The van der Waals surface area contributed by atoms with Gasteiger partial charge in [0, 0.05) is 0 Å². The van der Waals surface area contributed by atoms with E-state index in [1.54, 1.807) is 0 Å². The van der Waals surface area contributed by atoms with Crippen molar-refractivity contribution >= 4 is 8.32 Å². The van der Waals surface area contributed by atoms with Crippen LogP contribution in [0.25, 0.3) is 0 Å². The van der Waals surface area contributed by atoms with E-state index in [0.29, 0.717) is 0 Å². The molecule has 0 saturated carbocycles. The zero-order valence-corrected chi connectivity index (χ0v) is 13.5. The van der Waals surface area contributed by atoms with Gasteiger partial charge in [-0.2, -0.15) is 0 Å². The van der Waals surface area contributed by atoms with Gasteiger partial charge in [0.1, 0.15) is 0 Å². The molecule has 1 unspecified atom stereocenters. The lowest BCUT2D eigenvalue weighted by Crippen LogP contribution is -2.46. The van der Waals surface area contributed by atoms with Crippen LogP contribution in [0.1, 0.15) is 71.6 Å². The van der Waals surface area contributed by atoms with Gasteiger partial charge in [0.25, 0.3) is 0 Å². The topological polar surface area (TPSA) is 9.23 Å². The smallest absolute Gasteiger partial charge is 0.187 e. The third-order valence-electron chi connectivity index (χ3n) is 4.07. The second-order valence-electron chi connectivity index (χ2n) is 6.68. The van der Waals surface area contributed by atoms with Crippen LogP contribution in [-0.2, 0) is 4.43 Å². The zero-order valence-electron chi connectivity index (χ0n) is 12.5. The summed E-state index contributed by atoms with van der Waals surface area (Å²) in [6, 6.07) is 1.36. The average molecular weight is 257 g/mol. The summed E-state index contributed by atoms with van der Waals surface area (Å²) in [5.41, 5.74) is 0.221. The van der Waals surface area contributed by atoms with Crippen molar-refractivity contribution in [3.63, 3.8) is 0 Å². The molecule has 1 heterocycles. The Morgan fingerprint density at radius 1 is 1.06 bits per heavy atom. The number of unbranched alkanes of at least 4 members (excludes halogenated alkanes) is 5. The number of hydrogen-bond donors (Lipinski definition) is 0. The van der Waals surface area contributed by atoms with Gasteiger partial charge in [0.2, 0.25) is 0 Å². The highest BCUT2D eigenvalue weighted by Crippen LogP contribution is 2.36. The van der Waals surface area contributed by atoms with Gasteiger partial charge in [-0.15, -0.1) is 0 Å². The van der Waals surface area contributed by atoms with Crippen LogP contribution in [0, 0.1) is 0 Å². The molecular formula is C15H32OSi. The molecule has 0 aromatic carbocycles. The van der Waals surface area contributed by atoms with Gasteiger partial charge in [-0.05, 0) is 38.9 Å². The average Bonchev–Trinajstić information content (AvgIpc) is 2.21. The molecule has 1 aliphatic rings. The lowest BCUT2D eigenvalue weighted by atomic mass is 9.93. The fourth-order valence-electron chi connectivity index (χ4n) is 3.11. The molecule has 1 nitrogen and oxygen atoms in total. The normalized spacial score (nSPS) is 28.2. The Labute approximate surface area is 109 Å². The lowest BCUT2D eigenvalue weighted by molar-refractivity contribution is 0.0418. The van der Waals surface area contributed by atoms with Gasteiger partial charge < -0.3 is 4.43 Å². The summed E-state index contributed by atoms with van der Waals surface area (Å²) in [7, 11) is -1.31. The van der Waals surface area contributed by atoms with Gasteiger partial charge in [0.15, 0.2) is 8.32 Å². The van der Waals surface area contributed by atoms with Gasteiger partial charge >= 0.3 is 0 Å². The first kappa shape index (κ1) is 15.2. The summed E-state index contributed by atoms with van der Waals surface area (Å²) < 4.78 is 6.43. The summed E-state index contributed by atoms with van der Waals surface area (Å²) in [5.74, 6) is 0. The van der Waals surface area contributed by atoms with E-state index in [4.69, 9.17) is 4.43 Å². The number of rotatable bonds is 7. The first-order valence-corrected chi connectivity index (χ1v) is 10.8. The Kier molecular flexibility index (Phi) is 6.22. The first-order chi connectivity index (χ1) is 7.97. The maximum absolute atomic E-state index is 6.43. The highest BCUT2D eigenvalue weighted by atomic mass is 28.4. The van der Waals surface area contributed by atoms with Crippen LogP contribution in [-0.4, -0.2) is 13.9 Å². The van der Waals surface area contributed by atoms with Crippen molar-refractivity contribution in [1.29, 1.82) is 0 Å². The second kappa shape index (κ2) is 6.94. The lowest BCUT2D eigenvalue weighted by Gasteiger charge is -2.43. The molecule has 0 radical (unpaired) electrons. The van der Waals surface area contributed by atoms with E-state index in [1.165, 1.54) is 63.8 Å². The highest BCUT2D eigenvalue weighted by Gasteiger charge is 2.37. The first-order valence-electron chi connectivity index (χ1n) is 7.68. The molecule has 1 aliphatic heterocycles. The van der Waals surface area contributed by atoms with Crippen LogP contribution >= 0.6 is 0 Å². The summed E-state index contributed by atoms with van der Waals surface area (Å²) in [4.78, 5) is 0. The fraction of sp³-hybridized carbons (Fsp3) is 1.00. The third kappa shape index (κ3) is 6.05. The molecule has 0 aromatic rings. The molecule has 0 spiro atoms. The highest BCUT2D eigenvalue weighted by molar-refractivity contribution is 6.71. The SMILES string of the molecule is CCCCCCCCC1(C)CCC[Si](C)(C)O1. The van der Waals surface area contributed by atoms with Crippen LogP contribution in [0.4, 0.5) is 0 Å². The van der Waals surface area contributed by atoms with Gasteiger partial charge in [-0.1, -0.05) is 51.9 Å². The van der Waals surface area contributed by atoms with Gasteiger partial charge in [0.05, 0.1) is 5.60 Å². The monoisotopic (exact) mass is 256 g/mol. The van der Waals surface area contributed by atoms with Crippen molar-refractivity contribution in [2.45, 2.75) is 96.4 Å². The zero-order chi connectivity index (χ0) is 12.8. The van der Waals surface area contributed by atoms with Crippen LogP contribution < -0.4 is 0 Å². The van der Waals surface area contributed by atoms with E-state index in [1.807, 2.05) is 0 Å². The number of hydrogen-bond acceptors (Lipinski definition) is 1. The molecule has 0 aromatic heterocycles. The molecule has 0 amide bonds. The molecule has 0 bridgehead atoms. The van der Waals surface area contributed by atoms with Crippen LogP contribution in [0.3, 0.4) is 0 Å². The van der Waals surface area contributed by atoms with Crippen LogP contribution in [0.5, 0.6) is 0 Å². The molecule has 102 valence electrons. The molecule has 2 heteroatoms. The second-order valence-corrected chi connectivity index (χ2v) is 10.9. The van der Waals surface area contributed by atoms with Crippen molar-refractivity contribution < 1.29 is 4.43 Å². The minimum atomic E-state index is -1.31. The van der Waals surface area contributed by atoms with Crippen molar-refractivity contribution in [3.05, 3.63) is 0 Å². The largest absolute Gasteiger partial charge is 0.412 e. The summed E-state index contributed by atoms with van der Waals surface area (Å²) in [5, 5.41) is 0. The molecule has 17 heavy (non-hydrogen) atoms. The van der Waals surface area contributed by atoms with Gasteiger partial charge in [-0.3, -0.25) is 0 Å². The Bertz CT molecular complexity index is 215. The maximum Gasteiger partial charge on any atom is 0.187 e. The molecule has 1 saturated heterocycles. The van der Waals surface area contributed by atoms with E-state index < -0.39 is 8.32 Å². The van der Waals surface area contributed by atoms with Crippen LogP contribution in [0.2, 0.25) is 19.1 Å². The predicted octanol–water partition coefficient (Wildman–Crippen LogP) is 5.51. The summed E-state index contributed by atoms with van der Waals surface area (Å²) >= 11 is 0. The minimum absolute atomic E-state index is 0.221. The minimum Gasteiger partial charge on any atom is -0.412 e. The van der Waals surface area contributed by atoms with Crippen molar-refractivity contribution in [1.82, 2.24) is 0 Å². The van der Waals surface area contributed by atoms with Crippen molar-refractivity contribution in [2.75, 3.05) is 0 Å². The summed E-state index contributed by atoms with van der Waals surface area (Å²) in [6.07, 6.45) is 12.3. The molecule has 1 atom stereocenters. The standard InChI is InChI=1S/C15H32OSi/c1-5-6-7-8-9-10-12-15(2)13-11-14-17(3,4)16-15/h5-14H2,1-4H3. The Morgan fingerprint density at radius 2 is 1.71 bits per heavy atom. The third-order valence-corrected chi connectivity index (χ3v) is 6.67. The van der Waals surface area contributed by atoms with Gasteiger partial charge in [-0.25, -0.2) is 0 Å². The molecule has 0 N–H and O–H groups in total. The van der Waals surface area contributed by atoms with E-state index in [0.717, 1.165) is 0 Å². The Balaban J connectivity index is 2.16. The van der Waals surface area contributed by atoms with E-state index in [9.17, 15) is 0 Å². The molecular weight excluding hydrogens is 224 g/mol. The van der Waals surface area contributed by atoms with E-state index in [-0.39, 0.29) is 5.60 Å². The Morgan fingerprint density at radius 3 is 2.35 bits per heavy atom. The quantitative estimate of drug-likeness (QED) is 0.431. The van der Waals surface area contributed by atoms with Crippen LogP contribution in [0.15, 0.2) is 0 Å². The van der Waals surface area contributed by atoms with E-state index >= 15 is 0 Å². The summed E-state index contributed by atoms with van der Waals surface area (Å²) in [6.45, 7) is 9.40. The van der Waals surface area contributed by atoms with Crippen molar-refractivity contribution in [2.24, 2.45) is 0 Å². The molecule has 1 fully saturated rings. The molecule has 1 rings (SSSR count). The van der Waals surface area contributed by atoms with E-state index in [2.05, 4.69) is 26.9 Å². The predicted molar refractivity (Wildman–Crippen MR) is 79.0 cm³/mol. The molecule has 0 aliphatic carbocycles.